The van der Waals surface area contributed by atoms with Crippen LogP contribution in [0.3, 0.4) is 0 Å². The number of benzene rings is 2. The fourth-order valence-corrected chi connectivity index (χ4v) is 6.52. The normalized spacial score (nSPS) is 16.6. The van der Waals surface area contributed by atoms with Gasteiger partial charge in [-0.05, 0) is 56.8 Å². The lowest BCUT2D eigenvalue weighted by Crippen LogP contribution is -2.47. The Labute approximate surface area is 236 Å². The van der Waals surface area contributed by atoms with E-state index in [2.05, 4.69) is 15.2 Å². The summed E-state index contributed by atoms with van der Waals surface area (Å²) in [5, 5.41) is 24.0. The number of nitro benzene ring substituents is 1. The molecule has 1 saturated heterocycles. The second kappa shape index (κ2) is 10.5. The van der Waals surface area contributed by atoms with Gasteiger partial charge in [-0.2, -0.15) is 0 Å². The van der Waals surface area contributed by atoms with Crippen molar-refractivity contribution in [2.75, 3.05) is 38.5 Å². The van der Waals surface area contributed by atoms with Crippen LogP contribution in [0.5, 0.6) is 5.75 Å². The van der Waals surface area contributed by atoms with Crippen molar-refractivity contribution in [3.8, 4) is 5.75 Å². The number of nitro groups is 1. The molecule has 3 aromatic rings. The quantitative estimate of drug-likeness (QED) is 0.228. The van der Waals surface area contributed by atoms with Crippen LogP contribution in [-0.4, -0.2) is 78.3 Å². The van der Waals surface area contributed by atoms with E-state index in [0.717, 1.165) is 31.3 Å². The van der Waals surface area contributed by atoms with E-state index >= 15 is 0 Å². The fourth-order valence-electron chi connectivity index (χ4n) is 5.14. The maximum absolute atomic E-state index is 13.3. The molecule has 2 aliphatic rings. The van der Waals surface area contributed by atoms with Crippen molar-refractivity contribution in [2.24, 2.45) is 0 Å². The molecule has 0 radical (unpaired) electrons. The Balaban J connectivity index is 1.47. The number of likely N-dealkylation sites (N-methyl/N-ethyl adjacent to an activating group) is 1. The van der Waals surface area contributed by atoms with Gasteiger partial charge in [0.05, 0.1) is 26.7 Å². The molecular weight excluding hydrogens is 550 g/mol. The summed E-state index contributed by atoms with van der Waals surface area (Å²) in [5.74, 6) is -1.56. The third-order valence-corrected chi connectivity index (χ3v) is 9.18. The van der Waals surface area contributed by atoms with Crippen molar-refractivity contribution in [1.82, 2.24) is 14.8 Å². The molecular formula is C28H29N5O7S. The summed E-state index contributed by atoms with van der Waals surface area (Å²) in [4.78, 5) is 43.8. The number of rotatable bonds is 6. The first-order chi connectivity index (χ1) is 19.4. The molecule has 3 heterocycles. The number of aromatic hydroxyl groups is 1. The molecule has 2 aliphatic heterocycles. The average Bonchev–Trinajstić information content (AvgIpc) is 3.38. The third-order valence-electron chi connectivity index (χ3n) is 7.52. The molecule has 13 heteroatoms. The fraction of sp³-hybridized carbons (Fsp3) is 0.286. The van der Waals surface area contributed by atoms with E-state index in [0.29, 0.717) is 46.9 Å². The van der Waals surface area contributed by atoms with Crippen LogP contribution in [0.15, 0.2) is 41.3 Å². The summed E-state index contributed by atoms with van der Waals surface area (Å²) < 4.78 is 26.5. The number of aromatic nitrogens is 1. The highest BCUT2D eigenvalue weighted by Crippen LogP contribution is 2.37. The minimum absolute atomic E-state index is 0.0805. The molecule has 1 aromatic heterocycles. The van der Waals surface area contributed by atoms with Gasteiger partial charge in [0, 0.05) is 66.5 Å². The van der Waals surface area contributed by atoms with E-state index in [1.165, 1.54) is 18.2 Å². The number of non-ortho nitro benzene ring substituents is 1. The molecule has 0 aliphatic carbocycles. The zero-order valence-corrected chi connectivity index (χ0v) is 23.5. The number of phenolic OH excluding ortho intramolecular Hbond substituents is 1. The number of anilines is 1. The molecule has 12 nitrogen and oxygen atoms in total. The molecule has 0 saturated carbocycles. The first-order valence-electron chi connectivity index (χ1n) is 12.9. The predicted octanol–water partition coefficient (Wildman–Crippen LogP) is 3.10. The van der Waals surface area contributed by atoms with Crippen molar-refractivity contribution in [3.63, 3.8) is 0 Å². The highest BCUT2D eigenvalue weighted by Gasteiger charge is 2.30. The average molecular weight is 580 g/mol. The van der Waals surface area contributed by atoms with Gasteiger partial charge in [0.25, 0.3) is 17.5 Å². The minimum Gasteiger partial charge on any atom is -0.508 e. The number of nitrogens with zero attached hydrogens (tertiary/aromatic N) is 3. The van der Waals surface area contributed by atoms with Crippen molar-refractivity contribution in [3.05, 3.63) is 80.2 Å². The summed E-state index contributed by atoms with van der Waals surface area (Å²) in [6.07, 6.45) is 1.60. The Bertz CT molecular complexity index is 1730. The minimum atomic E-state index is -4.06. The van der Waals surface area contributed by atoms with Crippen LogP contribution >= 0.6 is 0 Å². The zero-order valence-electron chi connectivity index (χ0n) is 22.7. The number of piperazine rings is 1. The summed E-state index contributed by atoms with van der Waals surface area (Å²) in [6.45, 7) is 6.42. The number of aromatic amines is 1. The SMILES string of the molecule is Cc1[nH]c(/C=C2\C(=O)Nc3ccc(S(=O)(=O)Cc4cc([N+](=O)[O-])ccc4O)cc32)c(C)c1C(=O)N1CCN(C)CC1. The Hall–Kier alpha value is -4.49. The van der Waals surface area contributed by atoms with Gasteiger partial charge in [0.15, 0.2) is 9.84 Å². The largest absolute Gasteiger partial charge is 0.508 e. The second-order valence-electron chi connectivity index (χ2n) is 10.3. The number of nitrogens with one attached hydrogen (secondary N) is 2. The van der Waals surface area contributed by atoms with Crippen molar-refractivity contribution < 1.29 is 28.0 Å². The number of carbonyl (C=O) groups excluding carboxylic acids is 2. The van der Waals surface area contributed by atoms with Gasteiger partial charge in [-0.1, -0.05) is 0 Å². The van der Waals surface area contributed by atoms with Crippen LogP contribution < -0.4 is 5.32 Å². The Kier molecular flexibility index (Phi) is 7.17. The Morgan fingerprint density at radius 2 is 1.83 bits per heavy atom. The summed E-state index contributed by atoms with van der Waals surface area (Å²) >= 11 is 0. The summed E-state index contributed by atoms with van der Waals surface area (Å²) in [7, 11) is -2.05. The van der Waals surface area contributed by atoms with E-state index in [-0.39, 0.29) is 33.4 Å². The summed E-state index contributed by atoms with van der Waals surface area (Å²) in [6, 6.07) is 7.37. The molecule has 2 aromatic carbocycles. The number of carbonyl (C=O) groups is 2. The smallest absolute Gasteiger partial charge is 0.270 e. The van der Waals surface area contributed by atoms with E-state index in [1.807, 2.05) is 11.9 Å². The molecule has 0 bridgehead atoms. The predicted molar refractivity (Wildman–Crippen MR) is 152 cm³/mol. The molecule has 214 valence electrons. The van der Waals surface area contributed by atoms with Crippen molar-refractivity contribution in [1.29, 1.82) is 0 Å². The number of sulfone groups is 1. The van der Waals surface area contributed by atoms with Gasteiger partial charge >= 0.3 is 0 Å². The number of hydrogen-bond donors (Lipinski definition) is 3. The number of aryl methyl sites for hydroxylation is 1. The molecule has 3 N–H and O–H groups in total. The molecule has 0 atom stereocenters. The number of H-pyrrole nitrogens is 1. The molecule has 2 amide bonds. The van der Waals surface area contributed by atoms with Gasteiger partial charge in [0.1, 0.15) is 5.75 Å². The maximum atomic E-state index is 13.3. The van der Waals surface area contributed by atoms with Gasteiger partial charge in [-0.15, -0.1) is 0 Å². The number of hydrogen-bond acceptors (Lipinski definition) is 8. The van der Waals surface area contributed by atoms with Crippen molar-refractivity contribution in [2.45, 2.75) is 24.5 Å². The number of amides is 2. The maximum Gasteiger partial charge on any atom is 0.270 e. The lowest BCUT2D eigenvalue weighted by atomic mass is 10.0. The number of phenols is 1. The lowest BCUT2D eigenvalue weighted by molar-refractivity contribution is -0.384. The lowest BCUT2D eigenvalue weighted by Gasteiger charge is -2.32. The van der Waals surface area contributed by atoms with Crippen LogP contribution in [0.25, 0.3) is 11.6 Å². The van der Waals surface area contributed by atoms with Gasteiger partial charge in [-0.3, -0.25) is 19.7 Å². The Morgan fingerprint density at radius 1 is 1.12 bits per heavy atom. The van der Waals surface area contributed by atoms with Crippen LogP contribution in [0, 0.1) is 24.0 Å². The first kappa shape index (κ1) is 28.1. The van der Waals surface area contributed by atoms with Crippen molar-refractivity contribution >= 4 is 44.7 Å². The Morgan fingerprint density at radius 3 is 2.51 bits per heavy atom. The van der Waals surface area contributed by atoms with Gasteiger partial charge in [0.2, 0.25) is 0 Å². The van der Waals surface area contributed by atoms with Crippen LogP contribution in [0.2, 0.25) is 0 Å². The van der Waals surface area contributed by atoms with E-state index in [9.17, 15) is 33.2 Å². The molecule has 0 unspecified atom stereocenters. The number of fused-ring (bicyclic) bond motifs is 1. The van der Waals surface area contributed by atoms with Crippen LogP contribution in [0.1, 0.15) is 38.4 Å². The highest BCUT2D eigenvalue weighted by molar-refractivity contribution is 7.90. The second-order valence-corrected chi connectivity index (χ2v) is 12.3. The molecule has 0 spiro atoms. The topological polar surface area (TPSA) is 166 Å². The van der Waals surface area contributed by atoms with Crippen LogP contribution in [-0.2, 0) is 20.4 Å². The summed E-state index contributed by atoms with van der Waals surface area (Å²) in [5.41, 5.74) is 3.02. The van der Waals surface area contributed by atoms with E-state index in [1.54, 1.807) is 19.9 Å². The molecule has 41 heavy (non-hydrogen) atoms. The van der Waals surface area contributed by atoms with Crippen LogP contribution in [0.4, 0.5) is 11.4 Å². The van der Waals surface area contributed by atoms with Gasteiger partial charge in [-0.25, -0.2) is 8.42 Å². The zero-order chi connectivity index (χ0) is 29.6. The standard InChI is InChI=1S/C28H29N5O7S/c1-16-24(29-17(2)26(16)28(36)32-10-8-31(3)9-11-32)14-22-21-13-20(5-6-23(21)30-27(22)35)41(39,40)15-18-12-19(33(37)38)4-7-25(18)34/h4-7,12-14,29,34H,8-11,15H2,1-3H3,(H,30,35)/b22-14-. The third kappa shape index (κ3) is 5.33. The van der Waals surface area contributed by atoms with Gasteiger partial charge < -0.3 is 25.2 Å². The van der Waals surface area contributed by atoms with E-state index < -0.39 is 26.4 Å². The molecule has 5 rings (SSSR count). The highest BCUT2D eigenvalue weighted by atomic mass is 32.2. The monoisotopic (exact) mass is 579 g/mol. The first-order valence-corrected chi connectivity index (χ1v) is 14.5. The van der Waals surface area contributed by atoms with E-state index in [4.69, 9.17) is 0 Å². The molecule has 1 fully saturated rings.